The van der Waals surface area contributed by atoms with E-state index in [0.717, 1.165) is 28.6 Å². The molecule has 0 bridgehead atoms. The van der Waals surface area contributed by atoms with Crippen LogP contribution in [0, 0.1) is 13.8 Å². The van der Waals surface area contributed by atoms with E-state index >= 15 is 0 Å². The number of ketones is 1. The predicted molar refractivity (Wildman–Crippen MR) is 127 cm³/mol. The van der Waals surface area contributed by atoms with E-state index < -0.39 is 23.5 Å². The van der Waals surface area contributed by atoms with Gasteiger partial charge in [0.2, 0.25) is 5.78 Å². The molecule has 0 saturated carbocycles. The fourth-order valence-electron chi connectivity index (χ4n) is 4.41. The molecule has 1 unspecified atom stereocenters. The van der Waals surface area contributed by atoms with Crippen LogP contribution in [0.5, 0.6) is 0 Å². The Balaban J connectivity index is 1.89. The lowest BCUT2D eigenvalue weighted by atomic mass is 9.96. The summed E-state index contributed by atoms with van der Waals surface area (Å²) in [5.41, 5.74) is 3.18. The summed E-state index contributed by atoms with van der Waals surface area (Å²) in [6.45, 7) is 4.93. The SMILES string of the molecule is Cc1nc2c(C)cccn2c1/C([O-])=C1\C(=O)C(=O)N(CCC[NH+](C)C)C1c1ccc(Br)cc1. The van der Waals surface area contributed by atoms with Crippen LogP contribution in [0.4, 0.5) is 0 Å². The van der Waals surface area contributed by atoms with Gasteiger partial charge in [0.1, 0.15) is 5.65 Å². The van der Waals surface area contributed by atoms with E-state index in [9.17, 15) is 14.7 Å². The molecule has 1 amide bonds. The molecule has 1 fully saturated rings. The van der Waals surface area contributed by atoms with E-state index in [-0.39, 0.29) is 5.57 Å². The molecule has 2 aromatic heterocycles. The Morgan fingerprint density at radius 3 is 2.52 bits per heavy atom. The van der Waals surface area contributed by atoms with Gasteiger partial charge in [0.05, 0.1) is 38.1 Å². The Hall–Kier alpha value is -2.97. The number of halogens is 1. The van der Waals surface area contributed by atoms with Gasteiger partial charge in [0.25, 0.3) is 5.91 Å². The molecule has 1 saturated heterocycles. The number of hydrogen-bond acceptors (Lipinski definition) is 4. The molecule has 33 heavy (non-hydrogen) atoms. The van der Waals surface area contributed by atoms with Crippen LogP contribution < -0.4 is 10.0 Å². The number of imidazole rings is 1. The normalized spacial score (nSPS) is 18.1. The van der Waals surface area contributed by atoms with Gasteiger partial charge in [-0.3, -0.25) is 9.59 Å². The molecule has 0 radical (unpaired) electrons. The topological polar surface area (TPSA) is 82.2 Å². The molecule has 1 aliphatic heterocycles. The third-order valence-electron chi connectivity index (χ3n) is 6.03. The summed E-state index contributed by atoms with van der Waals surface area (Å²) in [7, 11) is 4.08. The highest BCUT2D eigenvalue weighted by molar-refractivity contribution is 9.10. The largest absolute Gasteiger partial charge is 0.871 e. The van der Waals surface area contributed by atoms with E-state index in [2.05, 4.69) is 20.9 Å². The Morgan fingerprint density at radius 2 is 1.85 bits per heavy atom. The van der Waals surface area contributed by atoms with Crippen molar-refractivity contribution in [1.29, 1.82) is 0 Å². The van der Waals surface area contributed by atoms with Gasteiger partial charge in [-0.25, -0.2) is 4.98 Å². The Morgan fingerprint density at radius 1 is 1.15 bits per heavy atom. The number of benzene rings is 1. The van der Waals surface area contributed by atoms with E-state index in [1.165, 1.54) is 4.90 Å². The van der Waals surface area contributed by atoms with Gasteiger partial charge in [-0.1, -0.05) is 39.9 Å². The predicted octanol–water partition coefficient (Wildman–Crippen LogP) is 1.47. The van der Waals surface area contributed by atoms with Crippen LogP contribution >= 0.6 is 15.9 Å². The third kappa shape index (κ3) is 4.20. The maximum atomic E-state index is 13.9. The second kappa shape index (κ2) is 9.11. The van der Waals surface area contributed by atoms with E-state index in [4.69, 9.17) is 0 Å². The molecule has 1 N–H and O–H groups in total. The number of nitrogens with one attached hydrogen (secondary N) is 1. The average molecular weight is 511 g/mol. The number of carbonyl (C=O) groups is 2. The Labute approximate surface area is 201 Å². The molecule has 0 aliphatic carbocycles. The van der Waals surface area contributed by atoms with Gasteiger partial charge >= 0.3 is 0 Å². The molecule has 1 atom stereocenters. The van der Waals surface area contributed by atoms with Gasteiger partial charge in [0, 0.05) is 29.2 Å². The number of aryl methyl sites for hydroxylation is 2. The molecular weight excluding hydrogens is 484 g/mol. The minimum atomic E-state index is -0.730. The van der Waals surface area contributed by atoms with Crippen LogP contribution in [0.2, 0.25) is 0 Å². The number of carbonyl (C=O) groups excluding carboxylic acids is 2. The number of aromatic nitrogens is 2. The summed E-state index contributed by atoms with van der Waals surface area (Å²) in [6.07, 6.45) is 2.49. The van der Waals surface area contributed by atoms with Crippen LogP contribution in [0.1, 0.15) is 35.0 Å². The first kappa shape index (κ1) is 23.2. The fraction of sp³-hybridized carbons (Fsp3) is 0.320. The van der Waals surface area contributed by atoms with Crippen LogP contribution in [-0.2, 0) is 9.59 Å². The first-order valence-electron chi connectivity index (χ1n) is 11.0. The second-order valence-corrected chi connectivity index (χ2v) is 9.68. The summed E-state index contributed by atoms with van der Waals surface area (Å²) in [4.78, 5) is 33.7. The monoisotopic (exact) mass is 510 g/mol. The lowest BCUT2D eigenvalue weighted by molar-refractivity contribution is -0.858. The van der Waals surface area contributed by atoms with Crippen LogP contribution in [0.15, 0.2) is 52.6 Å². The number of likely N-dealkylation sites (tertiary alicyclic amines) is 1. The average Bonchev–Trinajstić information content (AvgIpc) is 3.23. The van der Waals surface area contributed by atoms with Crippen LogP contribution in [-0.4, -0.2) is 53.2 Å². The zero-order valence-electron chi connectivity index (χ0n) is 19.2. The molecule has 1 aromatic carbocycles. The van der Waals surface area contributed by atoms with Crippen molar-refractivity contribution in [2.75, 3.05) is 27.2 Å². The van der Waals surface area contributed by atoms with Gasteiger partial charge in [-0.05, 0) is 43.2 Å². The number of pyridine rings is 1. The Kier molecular flexibility index (Phi) is 6.41. The smallest absolute Gasteiger partial charge is 0.295 e. The van der Waals surface area contributed by atoms with Crippen molar-refractivity contribution >= 4 is 39.0 Å². The standard InChI is InChI=1S/C25H27BrN4O3/c1-15-7-5-13-29-20(16(2)27-24(15)29)22(31)19-21(17-8-10-18(26)11-9-17)30(25(33)23(19)32)14-6-12-28(3)4/h5,7-11,13,21,31H,6,12,14H2,1-4H3/b22-19+. The summed E-state index contributed by atoms with van der Waals surface area (Å²) in [6, 6.07) is 10.5. The number of quaternary nitrogens is 1. The number of Topliss-reactive ketones (excluding diaryl/α,β-unsaturated/α-hetero) is 1. The summed E-state index contributed by atoms with van der Waals surface area (Å²) in [5.74, 6) is -1.80. The van der Waals surface area contributed by atoms with Crippen LogP contribution in [0.3, 0.4) is 0 Å². The molecule has 7 nitrogen and oxygen atoms in total. The van der Waals surface area contributed by atoms with Crippen molar-refractivity contribution in [2.24, 2.45) is 0 Å². The minimum Gasteiger partial charge on any atom is -0.871 e. The molecule has 172 valence electrons. The maximum Gasteiger partial charge on any atom is 0.295 e. The number of amides is 1. The Bertz CT molecular complexity index is 1260. The van der Waals surface area contributed by atoms with Gasteiger partial charge in [-0.15, -0.1) is 0 Å². The van der Waals surface area contributed by atoms with Crippen molar-refractivity contribution in [1.82, 2.24) is 14.3 Å². The minimum absolute atomic E-state index is 0.00840. The molecule has 3 aromatic rings. The van der Waals surface area contributed by atoms with Gasteiger partial charge in [-0.2, -0.15) is 0 Å². The van der Waals surface area contributed by atoms with Crippen LogP contribution in [0.25, 0.3) is 11.4 Å². The summed E-state index contributed by atoms with van der Waals surface area (Å²) >= 11 is 3.43. The second-order valence-electron chi connectivity index (χ2n) is 8.77. The molecule has 1 aliphatic rings. The van der Waals surface area contributed by atoms with Gasteiger partial charge in [0.15, 0.2) is 0 Å². The highest BCUT2D eigenvalue weighted by Gasteiger charge is 2.44. The molecule has 3 heterocycles. The van der Waals surface area contributed by atoms with Crippen molar-refractivity contribution in [3.63, 3.8) is 0 Å². The third-order valence-corrected chi connectivity index (χ3v) is 6.55. The summed E-state index contributed by atoms with van der Waals surface area (Å²) < 4.78 is 2.60. The first-order chi connectivity index (χ1) is 15.7. The van der Waals surface area contributed by atoms with Crippen molar-refractivity contribution in [2.45, 2.75) is 26.3 Å². The zero-order chi connectivity index (χ0) is 23.9. The van der Waals surface area contributed by atoms with Crippen molar-refractivity contribution < 1.29 is 19.6 Å². The lowest BCUT2D eigenvalue weighted by Crippen LogP contribution is -3.05. The van der Waals surface area contributed by atoms with Crippen molar-refractivity contribution in [3.8, 4) is 0 Å². The molecular formula is C25H27BrN4O3. The van der Waals surface area contributed by atoms with Gasteiger partial charge < -0.3 is 19.3 Å². The zero-order valence-corrected chi connectivity index (χ0v) is 20.8. The first-order valence-corrected chi connectivity index (χ1v) is 11.8. The molecule has 4 rings (SSSR count). The lowest BCUT2D eigenvalue weighted by Gasteiger charge is -2.27. The number of nitrogens with zero attached hydrogens (tertiary/aromatic N) is 3. The van der Waals surface area contributed by atoms with E-state index in [1.807, 2.05) is 57.4 Å². The quantitative estimate of drug-likeness (QED) is 0.309. The number of hydrogen-bond donors (Lipinski definition) is 1. The maximum absolute atomic E-state index is 13.9. The van der Waals surface area contributed by atoms with E-state index in [0.29, 0.717) is 23.6 Å². The van der Waals surface area contributed by atoms with Crippen molar-refractivity contribution in [3.05, 3.63) is 75.2 Å². The highest BCUT2D eigenvalue weighted by Crippen LogP contribution is 2.39. The number of fused-ring (bicyclic) bond motifs is 1. The fourth-order valence-corrected chi connectivity index (χ4v) is 4.68. The molecule has 8 heteroatoms. The number of rotatable bonds is 6. The summed E-state index contributed by atoms with van der Waals surface area (Å²) in [5, 5.41) is 13.9. The molecule has 0 spiro atoms. The van der Waals surface area contributed by atoms with E-state index in [1.54, 1.807) is 22.4 Å². The highest BCUT2D eigenvalue weighted by atomic mass is 79.9.